The van der Waals surface area contributed by atoms with Crippen LogP contribution in [0.5, 0.6) is 0 Å². The molecule has 0 atom stereocenters. The molecule has 0 saturated heterocycles. The monoisotopic (exact) mass is 725 g/mol. The Hall–Kier alpha value is -7.67. The van der Waals surface area contributed by atoms with E-state index in [1.807, 2.05) is 36.4 Å². The van der Waals surface area contributed by atoms with Gasteiger partial charge < -0.3 is 0 Å². The first-order valence-electron chi connectivity index (χ1n) is 19.2. The van der Waals surface area contributed by atoms with Crippen LogP contribution in [0, 0.1) is 11.3 Å². The lowest BCUT2D eigenvalue weighted by molar-refractivity contribution is 0.768. The van der Waals surface area contributed by atoms with Gasteiger partial charge in [0, 0.05) is 22.3 Å². The van der Waals surface area contributed by atoms with Crippen molar-refractivity contribution < 1.29 is 0 Å². The summed E-state index contributed by atoms with van der Waals surface area (Å²) in [5.74, 6) is 0.682. The summed E-state index contributed by atoms with van der Waals surface area (Å²) < 4.78 is 0. The van der Waals surface area contributed by atoms with Crippen LogP contribution >= 0.6 is 0 Å². The Balaban J connectivity index is 1.09. The summed E-state index contributed by atoms with van der Waals surface area (Å²) in [4.78, 5) is 10.3. The number of rotatable bonds is 7. The van der Waals surface area contributed by atoms with Crippen LogP contribution in [0.15, 0.2) is 212 Å². The number of nitrogens with zero attached hydrogens (tertiary/aromatic N) is 3. The number of hydrogen-bond acceptors (Lipinski definition) is 3. The second kappa shape index (κ2) is 14.2. The predicted octanol–water partition coefficient (Wildman–Crippen LogP) is 13.0. The first-order valence-corrected chi connectivity index (χ1v) is 19.2. The third-order valence-electron chi connectivity index (χ3n) is 11.2. The van der Waals surface area contributed by atoms with Gasteiger partial charge >= 0.3 is 0 Å². The lowest BCUT2D eigenvalue weighted by atomic mass is 9.67. The molecule has 0 spiro atoms. The van der Waals surface area contributed by atoms with Gasteiger partial charge in [-0.15, -0.1) is 0 Å². The van der Waals surface area contributed by atoms with Gasteiger partial charge in [-0.05, 0) is 74.3 Å². The zero-order valence-corrected chi connectivity index (χ0v) is 31.0. The van der Waals surface area contributed by atoms with E-state index in [9.17, 15) is 5.26 Å². The maximum absolute atomic E-state index is 10.4. The Labute approximate surface area is 332 Å². The highest BCUT2D eigenvalue weighted by Crippen LogP contribution is 2.57. The van der Waals surface area contributed by atoms with Gasteiger partial charge in [0.25, 0.3) is 0 Å². The minimum absolute atomic E-state index is 0.598. The van der Waals surface area contributed by atoms with Gasteiger partial charge in [0.15, 0.2) is 5.82 Å². The van der Waals surface area contributed by atoms with Crippen LogP contribution in [0.1, 0.15) is 27.8 Å². The van der Waals surface area contributed by atoms with Crippen molar-refractivity contribution in [3.8, 4) is 73.4 Å². The van der Waals surface area contributed by atoms with E-state index < -0.39 is 5.41 Å². The van der Waals surface area contributed by atoms with Crippen LogP contribution in [0.3, 0.4) is 0 Å². The molecule has 9 aromatic rings. The number of benzene rings is 8. The van der Waals surface area contributed by atoms with Gasteiger partial charge in [-0.25, -0.2) is 9.97 Å². The molecule has 1 aromatic heterocycles. The molecule has 3 nitrogen and oxygen atoms in total. The lowest BCUT2D eigenvalue weighted by Crippen LogP contribution is -2.28. The minimum Gasteiger partial charge on any atom is -0.228 e. The fraction of sp³-hybridized carbons (Fsp3) is 0.0185. The molecule has 0 aliphatic heterocycles. The van der Waals surface area contributed by atoms with Gasteiger partial charge in [-0.1, -0.05) is 188 Å². The quantitative estimate of drug-likeness (QED) is 0.164. The van der Waals surface area contributed by atoms with Crippen LogP contribution in [0.25, 0.3) is 67.3 Å². The normalized spacial score (nSPS) is 12.3. The first kappa shape index (κ1) is 33.9. The van der Waals surface area contributed by atoms with E-state index in [0.717, 1.165) is 67.0 Å². The fourth-order valence-corrected chi connectivity index (χ4v) is 8.59. The molecule has 57 heavy (non-hydrogen) atoms. The molecule has 1 aliphatic carbocycles. The smallest absolute Gasteiger partial charge is 0.160 e. The molecule has 8 aromatic carbocycles. The summed E-state index contributed by atoms with van der Waals surface area (Å²) in [7, 11) is 0. The highest BCUT2D eigenvalue weighted by molar-refractivity contribution is 5.91. The SMILES string of the molecule is N#Cc1cccc2c1-c1ccc(-c3ccc(-c4cc(-c5ccccc5)nc(-c5cccc(-c6ccccc6)c5)n4)cc3)cc1C2(c1ccccc1)c1ccccc1. The summed E-state index contributed by atoms with van der Waals surface area (Å²) >= 11 is 0. The van der Waals surface area contributed by atoms with Crippen molar-refractivity contribution in [3.63, 3.8) is 0 Å². The van der Waals surface area contributed by atoms with Crippen molar-refractivity contribution >= 4 is 0 Å². The number of hydrogen-bond donors (Lipinski definition) is 0. The summed E-state index contributed by atoms with van der Waals surface area (Å²) in [6, 6.07) is 76.7. The van der Waals surface area contributed by atoms with Gasteiger partial charge in [0.1, 0.15) is 0 Å². The van der Waals surface area contributed by atoms with Gasteiger partial charge in [-0.2, -0.15) is 5.26 Å². The molecule has 266 valence electrons. The molecule has 0 bridgehead atoms. The Kier molecular flexibility index (Phi) is 8.43. The molecular weight excluding hydrogens is 691 g/mol. The molecule has 0 fully saturated rings. The summed E-state index contributed by atoms with van der Waals surface area (Å²) in [5.41, 5.74) is 16.0. The van der Waals surface area contributed by atoms with E-state index in [1.54, 1.807) is 0 Å². The van der Waals surface area contributed by atoms with Crippen LogP contribution in [0.2, 0.25) is 0 Å². The van der Waals surface area contributed by atoms with Crippen molar-refractivity contribution in [1.29, 1.82) is 5.26 Å². The van der Waals surface area contributed by atoms with Crippen molar-refractivity contribution in [2.75, 3.05) is 0 Å². The zero-order valence-electron chi connectivity index (χ0n) is 31.0. The van der Waals surface area contributed by atoms with Crippen molar-refractivity contribution in [2.24, 2.45) is 0 Å². The molecule has 1 heterocycles. The lowest BCUT2D eigenvalue weighted by Gasteiger charge is -2.34. The average Bonchev–Trinajstić information content (AvgIpc) is 3.61. The highest BCUT2D eigenvalue weighted by Gasteiger charge is 2.47. The van der Waals surface area contributed by atoms with Gasteiger partial charge in [0.05, 0.1) is 28.4 Å². The summed E-state index contributed by atoms with van der Waals surface area (Å²) in [6.45, 7) is 0. The molecule has 3 heteroatoms. The van der Waals surface area contributed by atoms with Gasteiger partial charge in [-0.3, -0.25) is 0 Å². The van der Waals surface area contributed by atoms with Crippen LogP contribution in [-0.4, -0.2) is 9.97 Å². The zero-order chi connectivity index (χ0) is 38.2. The first-order chi connectivity index (χ1) is 28.2. The van der Waals surface area contributed by atoms with E-state index in [2.05, 4.69) is 182 Å². The molecule has 10 rings (SSSR count). The van der Waals surface area contributed by atoms with E-state index >= 15 is 0 Å². The van der Waals surface area contributed by atoms with E-state index in [-0.39, 0.29) is 0 Å². The Morgan fingerprint density at radius 3 is 1.47 bits per heavy atom. The summed E-state index contributed by atoms with van der Waals surface area (Å²) in [6.07, 6.45) is 0. The maximum Gasteiger partial charge on any atom is 0.160 e. The minimum atomic E-state index is -0.598. The topological polar surface area (TPSA) is 49.6 Å². The van der Waals surface area contributed by atoms with E-state index in [0.29, 0.717) is 11.4 Å². The van der Waals surface area contributed by atoms with Crippen LogP contribution < -0.4 is 0 Å². The van der Waals surface area contributed by atoms with Crippen LogP contribution in [0.4, 0.5) is 0 Å². The predicted molar refractivity (Wildman–Crippen MR) is 231 cm³/mol. The summed E-state index contributed by atoms with van der Waals surface area (Å²) in [5, 5.41) is 10.4. The van der Waals surface area contributed by atoms with E-state index in [4.69, 9.17) is 9.97 Å². The standard InChI is InChI=1S/C54H35N3/c55-36-44-21-14-26-48-52(44)47-32-31-42(34-49(47)54(48,45-22-9-3-10-23-45)46-24-11-4-12-25-46)38-27-29-40(30-28-38)51-35-50(39-17-7-2-8-18-39)56-53(57-51)43-20-13-19-41(33-43)37-15-5-1-6-16-37/h1-35H. The molecular formula is C54H35N3. The Morgan fingerprint density at radius 1 is 0.368 bits per heavy atom. The molecule has 0 N–H and O–H groups in total. The molecule has 0 unspecified atom stereocenters. The number of aromatic nitrogens is 2. The van der Waals surface area contributed by atoms with Crippen molar-refractivity contribution in [2.45, 2.75) is 5.41 Å². The van der Waals surface area contributed by atoms with Crippen LogP contribution in [-0.2, 0) is 5.41 Å². The van der Waals surface area contributed by atoms with Gasteiger partial charge in [0.2, 0.25) is 0 Å². The van der Waals surface area contributed by atoms with Crippen molar-refractivity contribution in [3.05, 3.63) is 240 Å². The Bertz CT molecular complexity index is 2890. The Morgan fingerprint density at radius 2 is 0.842 bits per heavy atom. The second-order valence-corrected chi connectivity index (χ2v) is 14.4. The molecule has 0 amide bonds. The maximum atomic E-state index is 10.4. The molecule has 1 aliphatic rings. The number of fused-ring (bicyclic) bond motifs is 3. The second-order valence-electron chi connectivity index (χ2n) is 14.4. The highest BCUT2D eigenvalue weighted by atomic mass is 14.9. The third-order valence-corrected chi connectivity index (χ3v) is 11.2. The number of nitriles is 1. The third kappa shape index (κ3) is 5.84. The average molecular weight is 726 g/mol. The fourth-order valence-electron chi connectivity index (χ4n) is 8.59. The van der Waals surface area contributed by atoms with E-state index in [1.165, 1.54) is 16.7 Å². The van der Waals surface area contributed by atoms with Crippen molar-refractivity contribution in [1.82, 2.24) is 9.97 Å². The largest absolute Gasteiger partial charge is 0.228 e. The molecule has 0 radical (unpaired) electrons. The molecule has 0 saturated carbocycles.